The Labute approximate surface area is 169 Å². The fourth-order valence-corrected chi connectivity index (χ4v) is 4.76. The molecule has 27 heavy (non-hydrogen) atoms. The molecule has 140 valence electrons. The normalized spacial score (nSPS) is 11.8. The predicted octanol–water partition coefficient (Wildman–Crippen LogP) is 3.99. The summed E-state index contributed by atoms with van der Waals surface area (Å²) in [6.07, 6.45) is 1.03. The molecule has 5 nitrogen and oxygen atoms in total. The zero-order valence-corrected chi connectivity index (χ0v) is 16.9. The van der Waals surface area contributed by atoms with Gasteiger partial charge in [-0.3, -0.25) is 9.59 Å². The van der Waals surface area contributed by atoms with Gasteiger partial charge in [0, 0.05) is 26.1 Å². The Hall–Kier alpha value is -2.13. The molecule has 1 aromatic carbocycles. The lowest BCUT2D eigenvalue weighted by Gasteiger charge is -2.11. The SMILES string of the molecule is CSc1ccccc1NC(=O)C(=O)NC[C@H](O)c1ccc(-c2cccs2)s1. The van der Waals surface area contributed by atoms with Crippen LogP contribution in [-0.4, -0.2) is 29.7 Å². The van der Waals surface area contributed by atoms with Crippen molar-refractivity contribution in [2.75, 3.05) is 18.1 Å². The number of benzene rings is 1. The smallest absolute Gasteiger partial charge is 0.313 e. The maximum Gasteiger partial charge on any atom is 0.313 e. The summed E-state index contributed by atoms with van der Waals surface area (Å²) in [5, 5.41) is 17.4. The summed E-state index contributed by atoms with van der Waals surface area (Å²) in [5.41, 5.74) is 0.588. The Morgan fingerprint density at radius 1 is 1.07 bits per heavy atom. The number of para-hydroxylation sites is 1. The summed E-state index contributed by atoms with van der Waals surface area (Å²) in [6, 6.07) is 15.0. The van der Waals surface area contributed by atoms with Gasteiger partial charge in [0.15, 0.2) is 0 Å². The van der Waals surface area contributed by atoms with Gasteiger partial charge in [0.1, 0.15) is 6.10 Å². The highest BCUT2D eigenvalue weighted by Gasteiger charge is 2.18. The predicted molar refractivity (Wildman–Crippen MR) is 112 cm³/mol. The van der Waals surface area contributed by atoms with Gasteiger partial charge in [-0.15, -0.1) is 34.4 Å². The number of hydrogen-bond donors (Lipinski definition) is 3. The van der Waals surface area contributed by atoms with Gasteiger partial charge in [-0.05, 0) is 42.0 Å². The van der Waals surface area contributed by atoms with Gasteiger partial charge in [0.25, 0.3) is 0 Å². The molecule has 0 radical (unpaired) electrons. The monoisotopic (exact) mass is 418 g/mol. The summed E-state index contributed by atoms with van der Waals surface area (Å²) in [7, 11) is 0. The van der Waals surface area contributed by atoms with Crippen LogP contribution in [0.25, 0.3) is 9.75 Å². The van der Waals surface area contributed by atoms with Crippen LogP contribution in [-0.2, 0) is 9.59 Å². The van der Waals surface area contributed by atoms with E-state index in [9.17, 15) is 14.7 Å². The highest BCUT2D eigenvalue weighted by atomic mass is 32.2. The van der Waals surface area contributed by atoms with E-state index in [1.165, 1.54) is 23.1 Å². The molecule has 0 saturated heterocycles. The van der Waals surface area contributed by atoms with Gasteiger partial charge in [-0.2, -0.15) is 0 Å². The third kappa shape index (κ3) is 4.98. The molecular weight excluding hydrogens is 400 g/mol. The molecule has 0 aliphatic heterocycles. The number of thiophene rings is 2. The first-order chi connectivity index (χ1) is 13.1. The summed E-state index contributed by atoms with van der Waals surface area (Å²) in [4.78, 5) is 27.9. The fraction of sp³-hybridized carbons (Fsp3) is 0.158. The van der Waals surface area contributed by atoms with Gasteiger partial charge < -0.3 is 15.7 Å². The summed E-state index contributed by atoms with van der Waals surface area (Å²) >= 11 is 4.59. The number of thioether (sulfide) groups is 1. The van der Waals surface area contributed by atoms with E-state index in [2.05, 4.69) is 10.6 Å². The molecule has 2 aromatic heterocycles. The van der Waals surface area contributed by atoms with Crippen LogP contribution in [0.15, 0.2) is 58.8 Å². The zero-order chi connectivity index (χ0) is 19.2. The Morgan fingerprint density at radius 3 is 2.63 bits per heavy atom. The van der Waals surface area contributed by atoms with Crippen molar-refractivity contribution in [3.05, 3.63) is 58.8 Å². The lowest BCUT2D eigenvalue weighted by Crippen LogP contribution is -2.37. The fourth-order valence-electron chi connectivity index (χ4n) is 2.38. The Kier molecular flexibility index (Phi) is 6.68. The van der Waals surface area contributed by atoms with Crippen molar-refractivity contribution >= 4 is 51.9 Å². The molecule has 2 heterocycles. The van der Waals surface area contributed by atoms with Gasteiger partial charge >= 0.3 is 11.8 Å². The topological polar surface area (TPSA) is 78.4 Å². The van der Waals surface area contributed by atoms with Crippen molar-refractivity contribution in [3.63, 3.8) is 0 Å². The molecule has 2 amide bonds. The van der Waals surface area contributed by atoms with E-state index in [-0.39, 0.29) is 6.54 Å². The molecule has 0 saturated carbocycles. The first kappa shape index (κ1) is 19.6. The summed E-state index contributed by atoms with van der Waals surface area (Å²) < 4.78 is 0. The molecule has 8 heteroatoms. The van der Waals surface area contributed by atoms with Crippen LogP contribution in [0.2, 0.25) is 0 Å². The molecule has 3 rings (SSSR count). The number of carbonyl (C=O) groups excluding carboxylic acids is 2. The number of carbonyl (C=O) groups is 2. The number of nitrogens with one attached hydrogen (secondary N) is 2. The Balaban J connectivity index is 1.54. The third-order valence-corrected chi connectivity index (χ3v) is 6.78. The van der Waals surface area contributed by atoms with Crippen molar-refractivity contribution in [1.29, 1.82) is 0 Å². The highest BCUT2D eigenvalue weighted by molar-refractivity contribution is 7.98. The maximum absolute atomic E-state index is 12.1. The number of aliphatic hydroxyl groups is 1. The van der Waals surface area contributed by atoms with E-state index in [1.54, 1.807) is 23.5 Å². The Bertz CT molecular complexity index is 922. The van der Waals surface area contributed by atoms with Crippen LogP contribution >= 0.6 is 34.4 Å². The van der Waals surface area contributed by atoms with Crippen molar-refractivity contribution in [2.24, 2.45) is 0 Å². The van der Waals surface area contributed by atoms with Crippen molar-refractivity contribution < 1.29 is 14.7 Å². The standard InChI is InChI=1S/C19H18N2O3S3/c1-25-14-6-3-2-5-12(14)21-19(24)18(23)20-11-13(22)15-8-9-17(27-15)16-7-4-10-26-16/h2-10,13,22H,11H2,1H3,(H,20,23)(H,21,24)/t13-/m0/s1. The minimum absolute atomic E-state index is 0.0270. The molecule has 0 bridgehead atoms. The van der Waals surface area contributed by atoms with Crippen LogP contribution in [0, 0.1) is 0 Å². The number of hydrogen-bond acceptors (Lipinski definition) is 6. The second-order valence-corrected chi connectivity index (χ2v) is 8.47. The van der Waals surface area contributed by atoms with Gasteiger partial charge in [-0.25, -0.2) is 0 Å². The number of rotatable bonds is 6. The molecule has 0 aliphatic rings. The van der Waals surface area contributed by atoms with Crippen LogP contribution in [0.3, 0.4) is 0 Å². The highest BCUT2D eigenvalue weighted by Crippen LogP contribution is 2.33. The third-order valence-electron chi connectivity index (χ3n) is 3.74. The number of anilines is 1. The molecule has 3 aromatic rings. The van der Waals surface area contributed by atoms with E-state index in [0.29, 0.717) is 5.69 Å². The van der Waals surface area contributed by atoms with Gasteiger partial charge in [0.05, 0.1) is 5.69 Å². The Morgan fingerprint density at radius 2 is 1.89 bits per heavy atom. The second-order valence-electron chi connectivity index (χ2n) is 5.56. The lowest BCUT2D eigenvalue weighted by atomic mass is 10.2. The quantitative estimate of drug-likeness (QED) is 0.418. The van der Waals surface area contributed by atoms with E-state index in [1.807, 2.05) is 48.0 Å². The van der Waals surface area contributed by atoms with Crippen molar-refractivity contribution in [2.45, 2.75) is 11.0 Å². The van der Waals surface area contributed by atoms with Crippen LogP contribution in [0.5, 0.6) is 0 Å². The van der Waals surface area contributed by atoms with Crippen molar-refractivity contribution in [1.82, 2.24) is 5.32 Å². The molecule has 3 N–H and O–H groups in total. The number of aliphatic hydroxyl groups excluding tert-OH is 1. The minimum atomic E-state index is -0.862. The minimum Gasteiger partial charge on any atom is -0.386 e. The number of amides is 2. The largest absolute Gasteiger partial charge is 0.386 e. The molecule has 0 spiro atoms. The zero-order valence-electron chi connectivity index (χ0n) is 14.5. The first-order valence-electron chi connectivity index (χ1n) is 8.12. The maximum atomic E-state index is 12.1. The van der Waals surface area contributed by atoms with Gasteiger partial charge in [-0.1, -0.05) is 18.2 Å². The van der Waals surface area contributed by atoms with E-state index < -0.39 is 17.9 Å². The lowest BCUT2D eigenvalue weighted by molar-refractivity contribution is -0.136. The molecule has 0 fully saturated rings. The van der Waals surface area contributed by atoms with Crippen LogP contribution in [0.4, 0.5) is 5.69 Å². The molecule has 0 unspecified atom stereocenters. The summed E-state index contributed by atoms with van der Waals surface area (Å²) in [6.45, 7) is -0.0270. The van der Waals surface area contributed by atoms with Crippen molar-refractivity contribution in [3.8, 4) is 9.75 Å². The second kappa shape index (κ2) is 9.18. The van der Waals surface area contributed by atoms with Crippen LogP contribution < -0.4 is 10.6 Å². The first-order valence-corrected chi connectivity index (χ1v) is 11.0. The average Bonchev–Trinajstić information content (AvgIpc) is 3.37. The van der Waals surface area contributed by atoms with E-state index in [4.69, 9.17) is 0 Å². The molecule has 0 aliphatic carbocycles. The summed E-state index contributed by atoms with van der Waals surface area (Å²) in [5.74, 6) is -1.53. The van der Waals surface area contributed by atoms with Crippen LogP contribution in [0.1, 0.15) is 11.0 Å². The van der Waals surface area contributed by atoms with E-state index >= 15 is 0 Å². The molecular formula is C19H18N2O3S3. The van der Waals surface area contributed by atoms with Gasteiger partial charge in [0.2, 0.25) is 0 Å². The van der Waals surface area contributed by atoms with E-state index in [0.717, 1.165) is 19.5 Å². The molecule has 1 atom stereocenters. The average molecular weight is 419 g/mol.